The largest absolute Gasteiger partial charge is 0.395 e. The summed E-state index contributed by atoms with van der Waals surface area (Å²) in [5.74, 6) is -2.47. The van der Waals surface area contributed by atoms with Crippen LogP contribution in [-0.2, 0) is 0 Å². The fraction of sp³-hybridized carbons (Fsp3) is 1.00. The van der Waals surface area contributed by atoms with Crippen LogP contribution in [0.1, 0.15) is 12.8 Å². The average molecular weight is 177 g/mol. The Bertz CT molecular complexity index is 209. The highest BCUT2D eigenvalue weighted by molar-refractivity contribution is 5.16. The first-order chi connectivity index (χ1) is 5.51. The predicted molar refractivity (Wildman–Crippen MR) is 40.1 cm³/mol. The Morgan fingerprint density at radius 1 is 1.58 bits per heavy atom. The van der Waals surface area contributed by atoms with E-state index in [-0.39, 0.29) is 19.1 Å². The molecule has 1 spiro atoms. The van der Waals surface area contributed by atoms with Crippen LogP contribution in [-0.4, -0.2) is 42.2 Å². The van der Waals surface area contributed by atoms with Gasteiger partial charge in [0.15, 0.2) is 0 Å². The molecule has 1 saturated heterocycles. The van der Waals surface area contributed by atoms with Crippen LogP contribution in [0.4, 0.5) is 8.78 Å². The maximum absolute atomic E-state index is 12.9. The van der Waals surface area contributed by atoms with Crippen LogP contribution in [0.5, 0.6) is 0 Å². The monoisotopic (exact) mass is 177 g/mol. The summed E-state index contributed by atoms with van der Waals surface area (Å²) in [5.41, 5.74) is -0.783. The van der Waals surface area contributed by atoms with E-state index in [1.165, 1.54) is 0 Å². The molecule has 2 fully saturated rings. The molecule has 1 aliphatic heterocycles. The fourth-order valence-electron chi connectivity index (χ4n) is 2.26. The van der Waals surface area contributed by atoms with Crippen molar-refractivity contribution < 1.29 is 13.9 Å². The highest BCUT2D eigenvalue weighted by Crippen LogP contribution is 2.65. The third-order valence-corrected chi connectivity index (χ3v) is 3.22. The zero-order valence-electron chi connectivity index (χ0n) is 7.06. The van der Waals surface area contributed by atoms with Crippen molar-refractivity contribution in [2.24, 2.45) is 5.41 Å². The van der Waals surface area contributed by atoms with Gasteiger partial charge in [0.1, 0.15) is 0 Å². The first kappa shape index (κ1) is 8.38. The predicted octanol–water partition coefficient (Wildman–Crippen LogP) is 0.708. The van der Waals surface area contributed by atoms with Crippen LogP contribution in [0.3, 0.4) is 0 Å². The molecule has 0 aromatic carbocycles. The van der Waals surface area contributed by atoms with E-state index in [2.05, 4.69) is 0 Å². The van der Waals surface area contributed by atoms with Gasteiger partial charge in [0.05, 0.1) is 12.0 Å². The number of halogens is 2. The molecule has 0 aromatic heterocycles. The third kappa shape index (κ3) is 0.910. The molecule has 0 radical (unpaired) electrons. The van der Waals surface area contributed by atoms with Crippen molar-refractivity contribution in [3.8, 4) is 0 Å². The maximum atomic E-state index is 12.9. The molecule has 12 heavy (non-hydrogen) atoms. The lowest BCUT2D eigenvalue weighted by Crippen LogP contribution is -2.28. The Balaban J connectivity index is 2.08. The fourth-order valence-corrected chi connectivity index (χ4v) is 2.26. The van der Waals surface area contributed by atoms with Crippen LogP contribution in [0.25, 0.3) is 0 Å². The summed E-state index contributed by atoms with van der Waals surface area (Å²) in [6.07, 6.45) is 0.466. The van der Waals surface area contributed by atoms with Gasteiger partial charge >= 0.3 is 0 Å². The molecule has 2 aliphatic rings. The second-order valence-corrected chi connectivity index (χ2v) is 4.12. The van der Waals surface area contributed by atoms with Crippen molar-refractivity contribution in [3.05, 3.63) is 0 Å². The molecule has 0 bridgehead atoms. The lowest BCUT2D eigenvalue weighted by molar-refractivity contribution is 0.0671. The highest BCUT2D eigenvalue weighted by atomic mass is 19.3. The van der Waals surface area contributed by atoms with Crippen LogP contribution in [0, 0.1) is 5.41 Å². The van der Waals surface area contributed by atoms with E-state index < -0.39 is 11.3 Å². The Morgan fingerprint density at radius 2 is 2.17 bits per heavy atom. The first-order valence-corrected chi connectivity index (χ1v) is 4.20. The standard InChI is InChI=1S/C8H13F2NO/c1-11-5-7(2-6(11)3-12)4-8(7,9)10/h6,12H,2-5H2,1H3/t6-,7-/m0/s1. The van der Waals surface area contributed by atoms with E-state index in [9.17, 15) is 8.78 Å². The number of likely N-dealkylation sites (N-methyl/N-ethyl adjacent to an activating group) is 1. The molecular formula is C8H13F2NO. The number of rotatable bonds is 1. The van der Waals surface area contributed by atoms with Gasteiger partial charge in [0.25, 0.3) is 5.92 Å². The van der Waals surface area contributed by atoms with Gasteiger partial charge in [0.2, 0.25) is 0 Å². The molecule has 2 atom stereocenters. The molecule has 1 heterocycles. The molecule has 1 saturated carbocycles. The minimum absolute atomic E-state index is 0.00562. The second kappa shape index (κ2) is 2.17. The van der Waals surface area contributed by atoms with E-state index in [0.717, 1.165) is 0 Å². The van der Waals surface area contributed by atoms with Crippen molar-refractivity contribution >= 4 is 0 Å². The maximum Gasteiger partial charge on any atom is 0.255 e. The number of aliphatic hydroxyl groups excluding tert-OH is 1. The van der Waals surface area contributed by atoms with Gasteiger partial charge in [-0.1, -0.05) is 0 Å². The summed E-state index contributed by atoms with van der Waals surface area (Å²) < 4.78 is 25.7. The quantitative estimate of drug-likeness (QED) is 0.637. The Labute approximate surface area is 70.2 Å². The summed E-state index contributed by atoms with van der Waals surface area (Å²) in [6, 6.07) is -0.0571. The molecule has 70 valence electrons. The van der Waals surface area contributed by atoms with Gasteiger partial charge in [-0.15, -0.1) is 0 Å². The smallest absolute Gasteiger partial charge is 0.255 e. The number of nitrogens with zero attached hydrogens (tertiary/aromatic N) is 1. The third-order valence-electron chi connectivity index (χ3n) is 3.22. The molecule has 1 aliphatic carbocycles. The summed E-state index contributed by atoms with van der Waals surface area (Å²) >= 11 is 0. The van der Waals surface area contributed by atoms with Crippen LogP contribution >= 0.6 is 0 Å². The first-order valence-electron chi connectivity index (χ1n) is 4.20. The van der Waals surface area contributed by atoms with Gasteiger partial charge in [-0.3, -0.25) is 0 Å². The van der Waals surface area contributed by atoms with E-state index in [0.29, 0.717) is 13.0 Å². The zero-order valence-corrected chi connectivity index (χ0v) is 7.06. The van der Waals surface area contributed by atoms with E-state index in [1.54, 1.807) is 7.05 Å². The average Bonchev–Trinajstić information content (AvgIpc) is 2.35. The van der Waals surface area contributed by atoms with Gasteiger partial charge in [0, 0.05) is 19.0 Å². The van der Waals surface area contributed by atoms with E-state index >= 15 is 0 Å². The molecule has 0 amide bonds. The number of likely N-dealkylation sites (tertiary alicyclic amines) is 1. The minimum Gasteiger partial charge on any atom is -0.395 e. The summed E-state index contributed by atoms with van der Waals surface area (Å²) in [7, 11) is 1.80. The zero-order chi connectivity index (χ0) is 8.98. The normalized spacial score (nSPS) is 45.5. The highest BCUT2D eigenvalue weighted by Gasteiger charge is 2.73. The number of aliphatic hydroxyl groups is 1. The molecule has 4 heteroatoms. The van der Waals surface area contributed by atoms with Crippen molar-refractivity contribution in [2.75, 3.05) is 20.2 Å². The van der Waals surface area contributed by atoms with E-state index in [4.69, 9.17) is 5.11 Å². The van der Waals surface area contributed by atoms with Crippen LogP contribution in [0.15, 0.2) is 0 Å². The van der Waals surface area contributed by atoms with E-state index in [1.807, 2.05) is 4.90 Å². The van der Waals surface area contributed by atoms with Crippen molar-refractivity contribution in [1.82, 2.24) is 4.90 Å². The Kier molecular flexibility index (Phi) is 1.52. The molecule has 0 unspecified atom stereocenters. The summed E-state index contributed by atoms with van der Waals surface area (Å²) in [6.45, 7) is 0.430. The lowest BCUT2D eigenvalue weighted by Gasteiger charge is -2.15. The molecule has 0 aromatic rings. The Morgan fingerprint density at radius 3 is 2.42 bits per heavy atom. The van der Waals surface area contributed by atoms with Gasteiger partial charge in [-0.25, -0.2) is 8.78 Å². The van der Waals surface area contributed by atoms with Crippen LogP contribution < -0.4 is 0 Å². The van der Waals surface area contributed by atoms with Gasteiger partial charge < -0.3 is 10.0 Å². The number of alkyl halides is 2. The molecule has 2 rings (SSSR count). The van der Waals surface area contributed by atoms with Crippen molar-refractivity contribution in [3.63, 3.8) is 0 Å². The lowest BCUT2D eigenvalue weighted by atomic mass is 10.0. The Hall–Kier alpha value is -0.220. The molecular weight excluding hydrogens is 164 g/mol. The topological polar surface area (TPSA) is 23.5 Å². The van der Waals surface area contributed by atoms with Gasteiger partial charge in [-0.05, 0) is 13.5 Å². The second-order valence-electron chi connectivity index (χ2n) is 4.12. The number of hydrogen-bond acceptors (Lipinski definition) is 2. The summed E-state index contributed by atoms with van der Waals surface area (Å²) in [5, 5.41) is 8.88. The SMILES string of the molecule is CN1C[C@]2(C[C@H]1CO)CC2(F)F. The van der Waals surface area contributed by atoms with Crippen molar-refractivity contribution in [1.29, 1.82) is 0 Å². The molecule has 2 nitrogen and oxygen atoms in total. The van der Waals surface area contributed by atoms with Crippen LogP contribution in [0.2, 0.25) is 0 Å². The number of hydrogen-bond donors (Lipinski definition) is 1. The van der Waals surface area contributed by atoms with Crippen molar-refractivity contribution in [2.45, 2.75) is 24.8 Å². The molecule has 1 N–H and O–H groups in total. The van der Waals surface area contributed by atoms with Gasteiger partial charge in [-0.2, -0.15) is 0 Å². The minimum atomic E-state index is -2.47. The summed E-state index contributed by atoms with van der Waals surface area (Å²) in [4.78, 5) is 1.83.